The standard InChI is InChI=1S/C18H24N4O.HI/c1-4-19-18(20-12-15-8-5-7-14(2)11-15)21-13-16-9-6-10-17(22-16)23-3;/h5-11H,4,12-13H2,1-3H3,(H2,19,20,21);1H. The Kier molecular flexibility index (Phi) is 9.14. The van der Waals surface area contributed by atoms with Crippen LogP contribution < -0.4 is 15.4 Å². The van der Waals surface area contributed by atoms with Crippen molar-refractivity contribution >= 4 is 29.9 Å². The summed E-state index contributed by atoms with van der Waals surface area (Å²) in [4.78, 5) is 9.00. The predicted molar refractivity (Wildman–Crippen MR) is 109 cm³/mol. The third-order valence-electron chi connectivity index (χ3n) is 3.27. The van der Waals surface area contributed by atoms with E-state index in [9.17, 15) is 0 Å². The van der Waals surface area contributed by atoms with Crippen LogP contribution in [0.3, 0.4) is 0 Å². The molecule has 0 aliphatic heterocycles. The van der Waals surface area contributed by atoms with Crippen LogP contribution >= 0.6 is 24.0 Å². The Hall–Kier alpha value is -1.83. The zero-order valence-electron chi connectivity index (χ0n) is 14.4. The van der Waals surface area contributed by atoms with E-state index >= 15 is 0 Å². The number of pyridine rings is 1. The summed E-state index contributed by atoms with van der Waals surface area (Å²) in [6, 6.07) is 14.1. The average Bonchev–Trinajstić information content (AvgIpc) is 2.57. The Labute approximate surface area is 161 Å². The average molecular weight is 440 g/mol. The lowest BCUT2D eigenvalue weighted by atomic mass is 10.1. The van der Waals surface area contributed by atoms with Gasteiger partial charge in [0.25, 0.3) is 0 Å². The van der Waals surface area contributed by atoms with E-state index in [0.29, 0.717) is 19.0 Å². The molecular formula is C18H25IN4O. The Morgan fingerprint density at radius 1 is 1.17 bits per heavy atom. The summed E-state index contributed by atoms with van der Waals surface area (Å²) in [5.41, 5.74) is 3.35. The topological polar surface area (TPSA) is 58.5 Å². The quantitative estimate of drug-likeness (QED) is 0.411. The van der Waals surface area contributed by atoms with Gasteiger partial charge in [-0.3, -0.25) is 0 Å². The first kappa shape index (κ1) is 20.2. The molecule has 0 unspecified atom stereocenters. The van der Waals surface area contributed by atoms with E-state index in [1.165, 1.54) is 11.1 Å². The lowest BCUT2D eigenvalue weighted by Gasteiger charge is -2.11. The lowest BCUT2D eigenvalue weighted by Crippen LogP contribution is -2.37. The van der Waals surface area contributed by atoms with Gasteiger partial charge in [0.2, 0.25) is 5.88 Å². The number of aryl methyl sites for hydroxylation is 1. The number of halogens is 1. The number of aliphatic imine (C=N–C) groups is 1. The van der Waals surface area contributed by atoms with E-state index < -0.39 is 0 Å². The number of hydrogen-bond acceptors (Lipinski definition) is 3. The second-order valence-electron chi connectivity index (χ2n) is 5.21. The third kappa shape index (κ3) is 6.74. The number of rotatable bonds is 6. The summed E-state index contributed by atoms with van der Waals surface area (Å²) in [5.74, 6) is 1.39. The number of nitrogens with one attached hydrogen (secondary N) is 2. The molecule has 0 saturated carbocycles. The fraction of sp³-hybridized carbons (Fsp3) is 0.333. The van der Waals surface area contributed by atoms with E-state index in [2.05, 4.69) is 51.8 Å². The molecule has 0 aliphatic carbocycles. The summed E-state index contributed by atoms with van der Waals surface area (Å²) < 4.78 is 5.14. The number of nitrogens with zero attached hydrogens (tertiary/aromatic N) is 2. The van der Waals surface area contributed by atoms with Crippen LogP contribution in [0.4, 0.5) is 0 Å². The molecule has 0 saturated heterocycles. The molecule has 0 amide bonds. The number of aromatic nitrogens is 1. The smallest absolute Gasteiger partial charge is 0.213 e. The minimum absolute atomic E-state index is 0. The molecule has 130 valence electrons. The van der Waals surface area contributed by atoms with Crippen LogP contribution in [0.2, 0.25) is 0 Å². The Morgan fingerprint density at radius 2 is 1.96 bits per heavy atom. The Morgan fingerprint density at radius 3 is 2.67 bits per heavy atom. The van der Waals surface area contributed by atoms with Crippen molar-refractivity contribution in [3.05, 3.63) is 59.3 Å². The predicted octanol–water partition coefficient (Wildman–Crippen LogP) is 3.27. The van der Waals surface area contributed by atoms with Crippen LogP contribution in [0.1, 0.15) is 23.7 Å². The van der Waals surface area contributed by atoms with Gasteiger partial charge in [-0.15, -0.1) is 24.0 Å². The fourth-order valence-corrected chi connectivity index (χ4v) is 2.17. The van der Waals surface area contributed by atoms with Crippen molar-refractivity contribution in [3.8, 4) is 5.88 Å². The molecule has 24 heavy (non-hydrogen) atoms. The summed E-state index contributed by atoms with van der Waals surface area (Å²) >= 11 is 0. The zero-order valence-corrected chi connectivity index (χ0v) is 16.7. The molecule has 6 heteroatoms. The first-order valence-electron chi connectivity index (χ1n) is 7.79. The van der Waals surface area contributed by atoms with E-state index in [-0.39, 0.29) is 24.0 Å². The number of methoxy groups -OCH3 is 1. The SMILES string of the molecule is CCNC(=NCc1cccc(C)c1)NCc1cccc(OC)n1.I. The number of ether oxygens (including phenoxy) is 1. The number of guanidine groups is 1. The highest BCUT2D eigenvalue weighted by Gasteiger charge is 2.01. The van der Waals surface area contributed by atoms with Crippen LogP contribution in [0.25, 0.3) is 0 Å². The molecule has 0 bridgehead atoms. The minimum atomic E-state index is 0. The first-order valence-corrected chi connectivity index (χ1v) is 7.79. The Balaban J connectivity index is 0.00000288. The van der Waals surface area contributed by atoms with Gasteiger partial charge in [-0.1, -0.05) is 35.9 Å². The molecule has 1 heterocycles. The van der Waals surface area contributed by atoms with Crippen molar-refractivity contribution in [2.45, 2.75) is 26.9 Å². The monoisotopic (exact) mass is 440 g/mol. The molecule has 5 nitrogen and oxygen atoms in total. The lowest BCUT2D eigenvalue weighted by molar-refractivity contribution is 0.396. The second-order valence-corrected chi connectivity index (χ2v) is 5.21. The Bertz CT molecular complexity index is 661. The van der Waals surface area contributed by atoms with Crippen LogP contribution in [-0.4, -0.2) is 24.6 Å². The van der Waals surface area contributed by atoms with Crippen LogP contribution in [-0.2, 0) is 13.1 Å². The van der Waals surface area contributed by atoms with Crippen molar-refractivity contribution in [3.63, 3.8) is 0 Å². The van der Waals surface area contributed by atoms with Gasteiger partial charge in [0, 0.05) is 12.6 Å². The van der Waals surface area contributed by atoms with Gasteiger partial charge in [0.1, 0.15) is 0 Å². The molecule has 1 aromatic carbocycles. The summed E-state index contributed by atoms with van der Waals surface area (Å²) in [7, 11) is 1.62. The summed E-state index contributed by atoms with van der Waals surface area (Å²) in [5, 5.41) is 6.54. The van der Waals surface area contributed by atoms with Crippen LogP contribution in [0.15, 0.2) is 47.5 Å². The second kappa shape index (κ2) is 10.9. The first-order chi connectivity index (χ1) is 11.2. The molecule has 2 rings (SSSR count). The van der Waals surface area contributed by atoms with Gasteiger partial charge in [-0.25, -0.2) is 9.98 Å². The highest BCUT2D eigenvalue weighted by atomic mass is 127. The third-order valence-corrected chi connectivity index (χ3v) is 3.27. The summed E-state index contributed by atoms with van der Waals surface area (Å²) in [6.07, 6.45) is 0. The van der Waals surface area contributed by atoms with Crippen molar-refractivity contribution in [2.24, 2.45) is 4.99 Å². The number of hydrogen-bond donors (Lipinski definition) is 2. The van der Waals surface area contributed by atoms with E-state index in [0.717, 1.165) is 18.2 Å². The maximum Gasteiger partial charge on any atom is 0.213 e. The minimum Gasteiger partial charge on any atom is -0.481 e. The van der Waals surface area contributed by atoms with Gasteiger partial charge >= 0.3 is 0 Å². The molecule has 0 spiro atoms. The highest BCUT2D eigenvalue weighted by Crippen LogP contribution is 2.07. The zero-order chi connectivity index (χ0) is 16.5. The largest absolute Gasteiger partial charge is 0.481 e. The van der Waals surface area contributed by atoms with Crippen LogP contribution in [0.5, 0.6) is 5.88 Å². The van der Waals surface area contributed by atoms with Gasteiger partial charge in [0.05, 0.1) is 25.9 Å². The molecule has 0 aliphatic rings. The molecule has 2 N–H and O–H groups in total. The highest BCUT2D eigenvalue weighted by molar-refractivity contribution is 14.0. The molecule has 0 radical (unpaired) electrons. The van der Waals surface area contributed by atoms with Crippen molar-refractivity contribution in [2.75, 3.05) is 13.7 Å². The molecule has 1 aromatic heterocycles. The molecular weight excluding hydrogens is 415 g/mol. The van der Waals surface area contributed by atoms with Gasteiger partial charge in [0.15, 0.2) is 5.96 Å². The van der Waals surface area contributed by atoms with Crippen LogP contribution in [0, 0.1) is 6.92 Å². The normalized spacial score (nSPS) is 10.7. The number of benzene rings is 1. The fourth-order valence-electron chi connectivity index (χ4n) is 2.17. The van der Waals surface area contributed by atoms with Gasteiger partial charge in [-0.05, 0) is 25.5 Å². The van der Waals surface area contributed by atoms with Crippen molar-refractivity contribution < 1.29 is 4.74 Å². The maximum atomic E-state index is 5.14. The summed E-state index contributed by atoms with van der Waals surface area (Å²) in [6.45, 7) is 6.18. The van der Waals surface area contributed by atoms with E-state index in [1.807, 2.05) is 25.1 Å². The van der Waals surface area contributed by atoms with Crippen molar-refractivity contribution in [1.29, 1.82) is 0 Å². The molecule has 0 atom stereocenters. The van der Waals surface area contributed by atoms with E-state index in [4.69, 9.17) is 4.74 Å². The van der Waals surface area contributed by atoms with Crippen molar-refractivity contribution in [1.82, 2.24) is 15.6 Å². The maximum absolute atomic E-state index is 5.14. The molecule has 2 aromatic rings. The van der Waals surface area contributed by atoms with E-state index in [1.54, 1.807) is 7.11 Å². The van der Waals surface area contributed by atoms with Gasteiger partial charge in [-0.2, -0.15) is 0 Å². The van der Waals surface area contributed by atoms with Gasteiger partial charge < -0.3 is 15.4 Å². The molecule has 0 fully saturated rings.